The summed E-state index contributed by atoms with van der Waals surface area (Å²) in [6.45, 7) is 5.49. The minimum atomic E-state index is -0.243. The Hall–Kier alpha value is -1.88. The maximum atomic E-state index is 12.2. The lowest BCUT2D eigenvalue weighted by Crippen LogP contribution is -2.44. The van der Waals surface area contributed by atoms with Crippen LogP contribution in [0.4, 0.5) is 4.79 Å². The van der Waals surface area contributed by atoms with Crippen LogP contribution in [0.15, 0.2) is 24.3 Å². The van der Waals surface area contributed by atoms with Gasteiger partial charge < -0.3 is 5.32 Å². The van der Waals surface area contributed by atoms with E-state index in [2.05, 4.69) is 41.4 Å². The number of urea groups is 1. The van der Waals surface area contributed by atoms with Crippen LogP contribution in [-0.4, -0.2) is 54.5 Å². The molecule has 0 saturated carbocycles. The Labute approximate surface area is 144 Å². The second-order valence-corrected chi connectivity index (χ2v) is 7.02. The monoisotopic (exact) mass is 329 g/mol. The molecule has 130 valence electrons. The van der Waals surface area contributed by atoms with Crippen molar-refractivity contribution in [1.29, 1.82) is 0 Å². The van der Waals surface area contributed by atoms with E-state index in [1.54, 1.807) is 0 Å². The summed E-state index contributed by atoms with van der Waals surface area (Å²) < 4.78 is 0. The first kappa shape index (κ1) is 17.0. The maximum absolute atomic E-state index is 12.2. The molecule has 2 aliphatic heterocycles. The average Bonchev–Trinajstić information content (AvgIpc) is 3.02. The predicted octanol–water partition coefficient (Wildman–Crippen LogP) is 2.19. The fraction of sp³-hybridized carbons (Fsp3) is 0.579. The highest BCUT2D eigenvalue weighted by molar-refractivity contribution is 5.96. The molecule has 0 radical (unpaired) electrons. The van der Waals surface area contributed by atoms with Crippen molar-refractivity contribution in [3.63, 3.8) is 0 Å². The third kappa shape index (κ3) is 4.35. The number of imide groups is 1. The fourth-order valence-corrected chi connectivity index (χ4v) is 3.54. The molecule has 3 amide bonds. The van der Waals surface area contributed by atoms with Gasteiger partial charge >= 0.3 is 6.03 Å². The Morgan fingerprint density at radius 2 is 1.88 bits per heavy atom. The second kappa shape index (κ2) is 7.79. The van der Waals surface area contributed by atoms with E-state index < -0.39 is 0 Å². The Morgan fingerprint density at radius 1 is 1.17 bits per heavy atom. The highest BCUT2D eigenvalue weighted by Crippen LogP contribution is 2.22. The van der Waals surface area contributed by atoms with Gasteiger partial charge in [-0.25, -0.2) is 4.79 Å². The summed E-state index contributed by atoms with van der Waals surface area (Å²) in [6.07, 6.45) is 4.65. The standard InChI is InChI=1S/C19H27N3O2/c1-15-2-4-16(5-3-15)6-7-17-8-11-21(12-9-17)14-18(23)22-13-10-20-19(22)24/h2-5,17H,6-14H2,1H3,(H,20,24). The van der Waals surface area contributed by atoms with Gasteiger partial charge in [-0.15, -0.1) is 0 Å². The Bertz CT molecular complexity index is 577. The number of rotatable bonds is 5. The Morgan fingerprint density at radius 3 is 2.50 bits per heavy atom. The molecule has 1 aromatic rings. The molecule has 2 aliphatic rings. The number of aryl methyl sites for hydroxylation is 2. The van der Waals surface area contributed by atoms with Crippen molar-refractivity contribution in [1.82, 2.24) is 15.1 Å². The van der Waals surface area contributed by atoms with Crippen LogP contribution in [0.3, 0.4) is 0 Å². The van der Waals surface area contributed by atoms with Gasteiger partial charge in [-0.2, -0.15) is 0 Å². The highest BCUT2D eigenvalue weighted by Gasteiger charge is 2.28. The van der Waals surface area contributed by atoms with Gasteiger partial charge in [0.1, 0.15) is 0 Å². The van der Waals surface area contributed by atoms with E-state index in [1.807, 2.05) is 0 Å². The third-order valence-corrected chi connectivity index (χ3v) is 5.19. The van der Waals surface area contributed by atoms with Crippen molar-refractivity contribution in [3.8, 4) is 0 Å². The third-order valence-electron chi connectivity index (χ3n) is 5.19. The number of hydrogen-bond donors (Lipinski definition) is 1. The van der Waals surface area contributed by atoms with Crippen molar-refractivity contribution < 1.29 is 9.59 Å². The molecule has 0 spiro atoms. The normalized spacial score (nSPS) is 19.5. The van der Waals surface area contributed by atoms with Crippen LogP contribution in [0.1, 0.15) is 30.4 Å². The van der Waals surface area contributed by atoms with Gasteiger partial charge in [0.15, 0.2) is 0 Å². The van der Waals surface area contributed by atoms with Gasteiger partial charge in [0.2, 0.25) is 5.91 Å². The van der Waals surface area contributed by atoms with E-state index in [0.29, 0.717) is 19.6 Å². The molecule has 2 heterocycles. The molecule has 5 heteroatoms. The number of carbonyl (C=O) groups is 2. The molecule has 1 N–H and O–H groups in total. The maximum Gasteiger partial charge on any atom is 0.324 e. The summed E-state index contributed by atoms with van der Waals surface area (Å²) >= 11 is 0. The highest BCUT2D eigenvalue weighted by atomic mass is 16.2. The van der Waals surface area contributed by atoms with E-state index in [1.165, 1.54) is 22.4 Å². The van der Waals surface area contributed by atoms with Gasteiger partial charge in [0, 0.05) is 13.1 Å². The minimum absolute atomic E-state index is 0.0666. The van der Waals surface area contributed by atoms with E-state index in [9.17, 15) is 9.59 Å². The van der Waals surface area contributed by atoms with E-state index in [-0.39, 0.29) is 11.9 Å². The molecule has 5 nitrogen and oxygen atoms in total. The molecule has 1 aromatic carbocycles. The quantitative estimate of drug-likeness (QED) is 0.901. The van der Waals surface area contributed by atoms with E-state index in [0.717, 1.165) is 38.3 Å². The van der Waals surface area contributed by atoms with Crippen LogP contribution in [0.2, 0.25) is 0 Å². The first-order valence-corrected chi connectivity index (χ1v) is 8.98. The Kier molecular flexibility index (Phi) is 5.51. The van der Waals surface area contributed by atoms with Crippen molar-refractivity contribution in [3.05, 3.63) is 35.4 Å². The van der Waals surface area contributed by atoms with Crippen LogP contribution in [0.5, 0.6) is 0 Å². The number of benzene rings is 1. The number of nitrogens with zero attached hydrogens (tertiary/aromatic N) is 2. The molecular weight excluding hydrogens is 302 g/mol. The average molecular weight is 329 g/mol. The molecule has 0 unspecified atom stereocenters. The molecule has 0 atom stereocenters. The first-order valence-electron chi connectivity index (χ1n) is 8.98. The summed E-state index contributed by atoms with van der Waals surface area (Å²) in [6, 6.07) is 8.57. The molecule has 0 bridgehead atoms. The number of carbonyl (C=O) groups excluding carboxylic acids is 2. The van der Waals surface area contributed by atoms with Crippen LogP contribution >= 0.6 is 0 Å². The molecule has 2 saturated heterocycles. The number of amides is 3. The second-order valence-electron chi connectivity index (χ2n) is 7.02. The molecule has 24 heavy (non-hydrogen) atoms. The minimum Gasteiger partial charge on any atom is -0.336 e. The van der Waals surface area contributed by atoms with Gasteiger partial charge in [0.05, 0.1) is 6.54 Å². The van der Waals surface area contributed by atoms with Crippen LogP contribution in [0.25, 0.3) is 0 Å². The van der Waals surface area contributed by atoms with Crippen molar-refractivity contribution >= 4 is 11.9 Å². The SMILES string of the molecule is Cc1ccc(CCC2CCN(CC(=O)N3CCNC3=O)CC2)cc1. The van der Waals surface area contributed by atoms with E-state index in [4.69, 9.17) is 0 Å². The smallest absolute Gasteiger partial charge is 0.324 e. The lowest BCUT2D eigenvalue weighted by molar-refractivity contribution is -0.129. The summed E-state index contributed by atoms with van der Waals surface area (Å²) in [7, 11) is 0. The zero-order valence-electron chi connectivity index (χ0n) is 14.5. The van der Waals surface area contributed by atoms with Crippen molar-refractivity contribution in [2.75, 3.05) is 32.7 Å². The fourth-order valence-electron chi connectivity index (χ4n) is 3.54. The summed E-state index contributed by atoms with van der Waals surface area (Å²) in [5.41, 5.74) is 2.72. The number of hydrogen-bond acceptors (Lipinski definition) is 3. The molecular formula is C19H27N3O2. The largest absolute Gasteiger partial charge is 0.336 e. The zero-order chi connectivity index (χ0) is 16.9. The van der Waals surface area contributed by atoms with Gasteiger partial charge in [-0.3, -0.25) is 14.6 Å². The van der Waals surface area contributed by atoms with Crippen LogP contribution < -0.4 is 5.32 Å². The van der Waals surface area contributed by atoms with Crippen LogP contribution in [-0.2, 0) is 11.2 Å². The molecule has 3 rings (SSSR count). The molecule has 0 aromatic heterocycles. The number of piperidine rings is 1. The van der Waals surface area contributed by atoms with Crippen LogP contribution in [0, 0.1) is 12.8 Å². The van der Waals surface area contributed by atoms with Gasteiger partial charge in [-0.05, 0) is 57.2 Å². The summed E-state index contributed by atoms with van der Waals surface area (Å²) in [4.78, 5) is 27.2. The zero-order valence-corrected chi connectivity index (χ0v) is 14.5. The van der Waals surface area contributed by atoms with Gasteiger partial charge in [-0.1, -0.05) is 29.8 Å². The first-order chi connectivity index (χ1) is 11.6. The lowest BCUT2D eigenvalue weighted by atomic mass is 9.90. The number of nitrogens with one attached hydrogen (secondary N) is 1. The lowest BCUT2D eigenvalue weighted by Gasteiger charge is -2.32. The molecule has 2 fully saturated rings. The van der Waals surface area contributed by atoms with Crippen molar-refractivity contribution in [2.45, 2.75) is 32.6 Å². The molecule has 0 aliphatic carbocycles. The number of likely N-dealkylation sites (tertiary alicyclic amines) is 1. The Balaban J connectivity index is 1.38. The van der Waals surface area contributed by atoms with Gasteiger partial charge in [0.25, 0.3) is 0 Å². The summed E-state index contributed by atoms with van der Waals surface area (Å²) in [5.74, 6) is 0.677. The summed E-state index contributed by atoms with van der Waals surface area (Å²) in [5, 5.41) is 2.68. The van der Waals surface area contributed by atoms with E-state index >= 15 is 0 Å². The topological polar surface area (TPSA) is 52.7 Å². The predicted molar refractivity (Wildman–Crippen MR) is 93.8 cm³/mol. The van der Waals surface area contributed by atoms with Crippen molar-refractivity contribution in [2.24, 2.45) is 5.92 Å².